The summed E-state index contributed by atoms with van der Waals surface area (Å²) < 4.78 is 26.1. The number of alkyl halides is 2. The molecule has 13 heteroatoms. The van der Waals surface area contributed by atoms with Gasteiger partial charge in [-0.25, -0.2) is 19.0 Å². The molecule has 0 fully saturated rings. The molecular weight excluding hydrogens is 624 g/mol. The van der Waals surface area contributed by atoms with Crippen LogP contribution in [-0.4, -0.2) is 76.7 Å². The minimum Gasteiger partial charge on any atom is -0.464 e. The van der Waals surface area contributed by atoms with Crippen LogP contribution in [0.4, 0.5) is 14.9 Å². The minimum atomic E-state index is -1.11. The summed E-state index contributed by atoms with van der Waals surface area (Å²) in [5.74, 6) is -0.0213. The third kappa shape index (κ3) is 10.8. The first-order valence-electron chi connectivity index (χ1n) is 14.9. The van der Waals surface area contributed by atoms with Crippen LogP contribution in [0.1, 0.15) is 45.5 Å². The summed E-state index contributed by atoms with van der Waals surface area (Å²) in [5.41, 5.74) is 2.44. The molecule has 0 unspecified atom stereocenters. The SMILES string of the molecule is CCOC(=O)[C@H](CCc1nc2cc(N(CCCl)CCCl)ccc2n1C)NC(=O)[C@H](Cc1ccc(F)cc1)NC(=O)OC(C)(C)C. The van der Waals surface area contributed by atoms with E-state index in [0.29, 0.717) is 42.7 Å². The number of aryl methyl sites for hydroxylation is 2. The van der Waals surface area contributed by atoms with Crippen LogP contribution < -0.4 is 15.5 Å². The predicted octanol–water partition coefficient (Wildman–Crippen LogP) is 5.11. The van der Waals surface area contributed by atoms with E-state index in [4.69, 9.17) is 37.7 Å². The number of alkyl carbamates (subject to hydrolysis) is 1. The Balaban J connectivity index is 1.81. The van der Waals surface area contributed by atoms with Gasteiger partial charge >= 0.3 is 12.1 Å². The molecule has 2 atom stereocenters. The first-order valence-corrected chi connectivity index (χ1v) is 15.9. The van der Waals surface area contributed by atoms with Crippen LogP contribution in [0.5, 0.6) is 0 Å². The second kappa shape index (κ2) is 16.7. The van der Waals surface area contributed by atoms with Crippen molar-refractivity contribution in [3.8, 4) is 0 Å². The maximum Gasteiger partial charge on any atom is 0.408 e. The summed E-state index contributed by atoms with van der Waals surface area (Å²) in [7, 11) is 1.89. The van der Waals surface area contributed by atoms with E-state index in [0.717, 1.165) is 16.7 Å². The summed E-state index contributed by atoms with van der Waals surface area (Å²) in [6.45, 7) is 8.20. The van der Waals surface area contributed by atoms with Crippen molar-refractivity contribution in [3.05, 3.63) is 59.7 Å². The van der Waals surface area contributed by atoms with Gasteiger partial charge in [0.15, 0.2) is 0 Å². The molecule has 2 amide bonds. The molecule has 0 bridgehead atoms. The molecule has 3 aromatic rings. The standard InChI is InChI=1S/C32H42Cl2FN5O5/c1-6-44-30(42)24(12-14-28-36-25-20-23(11-13-27(25)39(28)5)40(17-15-33)18-16-34)37-29(41)26(38-31(43)45-32(2,3)4)19-21-7-9-22(35)10-8-21/h7-11,13,20,24,26H,6,12,14-19H2,1-5H3,(H,37,41)(H,38,43)/t24-,26-/m0/s1. The summed E-state index contributed by atoms with van der Waals surface area (Å²) in [5, 5.41) is 5.34. The van der Waals surface area contributed by atoms with Gasteiger partial charge in [0.25, 0.3) is 0 Å². The van der Waals surface area contributed by atoms with Gasteiger partial charge in [0.1, 0.15) is 29.3 Å². The summed E-state index contributed by atoms with van der Waals surface area (Å²) >= 11 is 12.0. The molecule has 0 aliphatic heterocycles. The Labute approximate surface area is 273 Å². The number of esters is 1. The molecule has 10 nitrogen and oxygen atoms in total. The second-order valence-electron chi connectivity index (χ2n) is 11.5. The zero-order chi connectivity index (χ0) is 33.1. The fourth-order valence-corrected chi connectivity index (χ4v) is 5.19. The third-order valence-electron chi connectivity index (χ3n) is 6.94. The van der Waals surface area contributed by atoms with E-state index in [2.05, 4.69) is 15.5 Å². The Hall–Kier alpha value is -3.57. The number of hydrogen-bond acceptors (Lipinski definition) is 7. The zero-order valence-electron chi connectivity index (χ0n) is 26.4. The zero-order valence-corrected chi connectivity index (χ0v) is 27.9. The van der Waals surface area contributed by atoms with Crippen LogP contribution >= 0.6 is 23.2 Å². The highest BCUT2D eigenvalue weighted by Crippen LogP contribution is 2.24. The first kappa shape index (κ1) is 35.9. The Morgan fingerprint density at radius 3 is 2.29 bits per heavy atom. The van der Waals surface area contributed by atoms with Gasteiger partial charge in [0.05, 0.1) is 17.6 Å². The fraction of sp³-hybridized carbons (Fsp3) is 0.500. The molecule has 0 aliphatic rings. The molecule has 0 radical (unpaired) electrons. The van der Waals surface area contributed by atoms with E-state index >= 15 is 0 Å². The van der Waals surface area contributed by atoms with Gasteiger partial charge < -0.3 is 29.6 Å². The monoisotopic (exact) mass is 665 g/mol. The lowest BCUT2D eigenvalue weighted by molar-refractivity contribution is -0.147. The van der Waals surface area contributed by atoms with Gasteiger partial charge in [-0.3, -0.25) is 4.79 Å². The van der Waals surface area contributed by atoms with Crippen LogP contribution in [0, 0.1) is 5.82 Å². The van der Waals surface area contributed by atoms with Crippen molar-refractivity contribution in [1.82, 2.24) is 20.2 Å². The summed E-state index contributed by atoms with van der Waals surface area (Å²) in [4.78, 5) is 46.1. The normalized spacial score (nSPS) is 12.8. The molecule has 3 rings (SSSR count). The topological polar surface area (TPSA) is 115 Å². The highest BCUT2D eigenvalue weighted by Gasteiger charge is 2.30. The van der Waals surface area contributed by atoms with Crippen molar-refractivity contribution in [2.24, 2.45) is 7.05 Å². The van der Waals surface area contributed by atoms with Crippen LogP contribution in [-0.2, 0) is 39.0 Å². The number of halogens is 3. The molecule has 2 aromatic carbocycles. The van der Waals surface area contributed by atoms with Gasteiger partial charge in [-0.2, -0.15) is 0 Å². The smallest absolute Gasteiger partial charge is 0.408 e. The van der Waals surface area contributed by atoms with Gasteiger partial charge in [-0.05, 0) is 70.0 Å². The average molecular weight is 667 g/mol. The van der Waals surface area contributed by atoms with E-state index in [1.807, 2.05) is 29.8 Å². The number of nitrogens with zero attached hydrogens (tertiary/aromatic N) is 3. The average Bonchev–Trinajstić information content (AvgIpc) is 3.29. The number of carbonyl (C=O) groups is 3. The maximum atomic E-state index is 13.6. The van der Waals surface area contributed by atoms with Crippen molar-refractivity contribution in [2.45, 2.75) is 64.6 Å². The number of carbonyl (C=O) groups excluding carboxylic acids is 3. The molecule has 1 heterocycles. The van der Waals surface area contributed by atoms with Crippen LogP contribution in [0.15, 0.2) is 42.5 Å². The molecule has 0 aliphatic carbocycles. The molecule has 0 spiro atoms. The summed E-state index contributed by atoms with van der Waals surface area (Å²) in [6, 6.07) is 9.40. The first-order chi connectivity index (χ1) is 21.3. The van der Waals surface area contributed by atoms with E-state index in [1.165, 1.54) is 24.3 Å². The Morgan fingerprint density at radius 1 is 1.02 bits per heavy atom. The van der Waals surface area contributed by atoms with Crippen LogP contribution in [0.3, 0.4) is 0 Å². The molecular formula is C32H42Cl2FN5O5. The molecule has 1 aromatic heterocycles. The van der Waals surface area contributed by atoms with Crippen molar-refractivity contribution < 1.29 is 28.2 Å². The number of anilines is 1. The van der Waals surface area contributed by atoms with E-state index < -0.39 is 41.5 Å². The Kier molecular flexibility index (Phi) is 13.3. The molecule has 2 N–H and O–H groups in total. The number of fused-ring (bicyclic) bond motifs is 1. The van der Waals surface area contributed by atoms with Gasteiger partial charge in [-0.15, -0.1) is 23.2 Å². The van der Waals surface area contributed by atoms with E-state index in [1.54, 1.807) is 27.7 Å². The lowest BCUT2D eigenvalue weighted by Gasteiger charge is -2.25. The summed E-state index contributed by atoms with van der Waals surface area (Å²) in [6.07, 6.45) is -0.223. The molecule has 246 valence electrons. The molecule has 0 saturated carbocycles. The van der Waals surface area contributed by atoms with E-state index in [-0.39, 0.29) is 19.4 Å². The fourth-order valence-electron chi connectivity index (χ4n) is 4.79. The predicted molar refractivity (Wildman–Crippen MR) is 175 cm³/mol. The minimum absolute atomic E-state index is 0.0401. The number of imidazole rings is 1. The van der Waals surface area contributed by atoms with Gasteiger partial charge in [0.2, 0.25) is 5.91 Å². The Morgan fingerprint density at radius 2 is 1.69 bits per heavy atom. The van der Waals surface area contributed by atoms with Crippen molar-refractivity contribution in [3.63, 3.8) is 0 Å². The number of hydrogen-bond donors (Lipinski definition) is 2. The Bertz CT molecular complexity index is 1440. The number of amides is 2. The highest BCUT2D eigenvalue weighted by atomic mass is 35.5. The van der Waals surface area contributed by atoms with Crippen molar-refractivity contribution in [2.75, 3.05) is 36.4 Å². The maximum absolute atomic E-state index is 13.6. The number of benzene rings is 2. The lowest BCUT2D eigenvalue weighted by Crippen LogP contribution is -2.53. The van der Waals surface area contributed by atoms with Gasteiger partial charge in [0, 0.05) is 50.4 Å². The number of rotatable bonds is 15. The second-order valence-corrected chi connectivity index (χ2v) is 12.3. The molecule has 0 saturated heterocycles. The van der Waals surface area contributed by atoms with Crippen LogP contribution in [0.25, 0.3) is 11.0 Å². The van der Waals surface area contributed by atoms with Crippen molar-refractivity contribution >= 4 is 57.9 Å². The molecule has 45 heavy (non-hydrogen) atoms. The third-order valence-corrected chi connectivity index (χ3v) is 7.27. The number of ether oxygens (including phenoxy) is 2. The highest BCUT2D eigenvalue weighted by molar-refractivity contribution is 6.18. The largest absolute Gasteiger partial charge is 0.464 e. The quantitative estimate of drug-likeness (QED) is 0.171. The van der Waals surface area contributed by atoms with Crippen molar-refractivity contribution in [1.29, 1.82) is 0 Å². The van der Waals surface area contributed by atoms with E-state index in [9.17, 15) is 18.8 Å². The number of nitrogens with one attached hydrogen (secondary N) is 2. The van der Waals surface area contributed by atoms with Gasteiger partial charge in [-0.1, -0.05) is 12.1 Å². The number of aromatic nitrogens is 2. The lowest BCUT2D eigenvalue weighted by atomic mass is 10.0. The van der Waals surface area contributed by atoms with Crippen LogP contribution in [0.2, 0.25) is 0 Å².